The summed E-state index contributed by atoms with van der Waals surface area (Å²) in [6.45, 7) is 1.92. The van der Waals surface area contributed by atoms with Gasteiger partial charge in [-0.15, -0.1) is 0 Å². The highest BCUT2D eigenvalue weighted by molar-refractivity contribution is 7.92. The van der Waals surface area contributed by atoms with E-state index in [1.807, 2.05) is 0 Å². The maximum atomic E-state index is 11.3. The third kappa shape index (κ3) is 3.23. The van der Waals surface area contributed by atoms with Gasteiger partial charge in [-0.3, -0.25) is 9.40 Å². The van der Waals surface area contributed by atoms with E-state index in [2.05, 4.69) is 9.82 Å². The molecule has 1 aromatic heterocycles. The van der Waals surface area contributed by atoms with Crippen LogP contribution < -0.4 is 4.72 Å². The van der Waals surface area contributed by atoms with Crippen molar-refractivity contribution in [2.45, 2.75) is 6.92 Å². The molecule has 7 nitrogen and oxygen atoms in total. The molecule has 0 aliphatic heterocycles. The van der Waals surface area contributed by atoms with E-state index in [9.17, 15) is 13.2 Å². The van der Waals surface area contributed by atoms with E-state index in [-0.39, 0.29) is 18.1 Å². The summed E-state index contributed by atoms with van der Waals surface area (Å²) in [5, 5.41) is 3.83. The van der Waals surface area contributed by atoms with Crippen LogP contribution in [0.2, 0.25) is 0 Å². The maximum Gasteiger partial charge on any atom is 0.358 e. The Hall–Kier alpha value is -1.57. The number of nitrogens with one attached hydrogen (secondary N) is 1. The molecule has 0 aromatic carbocycles. The van der Waals surface area contributed by atoms with Crippen molar-refractivity contribution in [2.24, 2.45) is 7.05 Å². The molecule has 1 heterocycles. The van der Waals surface area contributed by atoms with Crippen molar-refractivity contribution in [3.8, 4) is 0 Å². The summed E-state index contributed by atoms with van der Waals surface area (Å²) in [6, 6.07) is 1.32. The Morgan fingerprint density at radius 1 is 1.62 bits per heavy atom. The van der Waals surface area contributed by atoms with Gasteiger partial charge in [0.25, 0.3) is 0 Å². The predicted molar refractivity (Wildman–Crippen MR) is 57.6 cm³/mol. The van der Waals surface area contributed by atoms with Gasteiger partial charge in [0, 0.05) is 13.1 Å². The Kier molecular flexibility index (Phi) is 3.53. The van der Waals surface area contributed by atoms with E-state index in [1.165, 1.54) is 17.8 Å². The van der Waals surface area contributed by atoms with Crippen LogP contribution in [0.25, 0.3) is 0 Å². The number of carbonyl (C=O) groups excluding carboxylic acids is 1. The highest BCUT2D eigenvalue weighted by Gasteiger charge is 2.15. The standard InChI is InChI=1S/C8H13N3O4S/c1-4-15-8(12)6-5-7(11(2)9-6)10-16(3,13)14/h5,10H,4H2,1-3H3. The van der Waals surface area contributed by atoms with Gasteiger partial charge in [-0.25, -0.2) is 13.2 Å². The molecule has 16 heavy (non-hydrogen) atoms. The van der Waals surface area contributed by atoms with Crippen LogP contribution in [-0.4, -0.2) is 37.0 Å². The average Bonchev–Trinajstić information content (AvgIpc) is 2.45. The van der Waals surface area contributed by atoms with Gasteiger partial charge in [-0.1, -0.05) is 0 Å². The van der Waals surface area contributed by atoms with E-state index < -0.39 is 16.0 Å². The second-order valence-corrected chi connectivity index (χ2v) is 4.88. The van der Waals surface area contributed by atoms with Crippen LogP contribution in [0, 0.1) is 0 Å². The number of aryl methyl sites for hydroxylation is 1. The van der Waals surface area contributed by atoms with Gasteiger partial charge in [-0.2, -0.15) is 5.10 Å². The van der Waals surface area contributed by atoms with Crippen LogP contribution in [-0.2, 0) is 21.8 Å². The van der Waals surface area contributed by atoms with E-state index >= 15 is 0 Å². The normalized spacial score (nSPS) is 11.2. The molecule has 1 aromatic rings. The number of nitrogens with zero attached hydrogens (tertiary/aromatic N) is 2. The summed E-state index contributed by atoms with van der Waals surface area (Å²) in [7, 11) is -1.86. The molecule has 0 aliphatic rings. The molecule has 0 bridgehead atoms. The molecule has 0 radical (unpaired) electrons. The number of rotatable bonds is 4. The molecule has 0 saturated heterocycles. The van der Waals surface area contributed by atoms with Crippen molar-refractivity contribution >= 4 is 21.8 Å². The van der Waals surface area contributed by atoms with Crippen molar-refractivity contribution in [3.63, 3.8) is 0 Å². The van der Waals surface area contributed by atoms with Gasteiger partial charge in [0.05, 0.1) is 12.9 Å². The first-order valence-electron chi connectivity index (χ1n) is 4.52. The zero-order chi connectivity index (χ0) is 12.3. The summed E-state index contributed by atoms with van der Waals surface area (Å²) >= 11 is 0. The van der Waals surface area contributed by atoms with Gasteiger partial charge in [0.1, 0.15) is 5.82 Å². The largest absolute Gasteiger partial charge is 0.461 e. The molecule has 8 heteroatoms. The minimum absolute atomic E-state index is 0.0653. The second kappa shape index (κ2) is 4.52. The number of hydrogen-bond donors (Lipinski definition) is 1. The number of hydrogen-bond acceptors (Lipinski definition) is 5. The van der Waals surface area contributed by atoms with Gasteiger partial charge < -0.3 is 4.74 Å². The van der Waals surface area contributed by atoms with Crippen LogP contribution >= 0.6 is 0 Å². The number of carbonyl (C=O) groups is 1. The Morgan fingerprint density at radius 2 is 2.25 bits per heavy atom. The van der Waals surface area contributed by atoms with Crippen LogP contribution in [0.4, 0.5) is 5.82 Å². The summed E-state index contributed by atoms with van der Waals surface area (Å²) < 4.78 is 30.2. The molecule has 0 unspecified atom stereocenters. The van der Waals surface area contributed by atoms with E-state index in [4.69, 9.17) is 4.74 Å². The highest BCUT2D eigenvalue weighted by Crippen LogP contribution is 2.11. The lowest BCUT2D eigenvalue weighted by atomic mass is 10.4. The van der Waals surface area contributed by atoms with Crippen molar-refractivity contribution in [1.82, 2.24) is 9.78 Å². The fourth-order valence-electron chi connectivity index (χ4n) is 1.06. The minimum atomic E-state index is -3.39. The summed E-state index contributed by atoms with van der Waals surface area (Å²) in [5.41, 5.74) is 0.0653. The number of anilines is 1. The maximum absolute atomic E-state index is 11.3. The van der Waals surface area contributed by atoms with Crippen LogP contribution in [0.1, 0.15) is 17.4 Å². The van der Waals surface area contributed by atoms with E-state index in [0.717, 1.165) is 6.26 Å². The molecule has 1 rings (SSSR count). The lowest BCUT2D eigenvalue weighted by Gasteiger charge is -2.01. The first-order valence-corrected chi connectivity index (χ1v) is 6.41. The summed E-state index contributed by atoms with van der Waals surface area (Å²) in [5.74, 6) is -0.370. The molecule has 0 amide bonds. The monoisotopic (exact) mass is 247 g/mol. The lowest BCUT2D eigenvalue weighted by molar-refractivity contribution is 0.0518. The van der Waals surface area contributed by atoms with E-state index in [0.29, 0.717) is 0 Å². The van der Waals surface area contributed by atoms with Crippen molar-refractivity contribution in [2.75, 3.05) is 17.6 Å². The molecule has 0 aliphatic carbocycles. The predicted octanol–water partition coefficient (Wildman–Crippen LogP) is -0.0317. The van der Waals surface area contributed by atoms with Crippen molar-refractivity contribution in [1.29, 1.82) is 0 Å². The molecular weight excluding hydrogens is 234 g/mol. The third-order valence-electron chi connectivity index (χ3n) is 1.65. The quantitative estimate of drug-likeness (QED) is 0.754. The minimum Gasteiger partial charge on any atom is -0.461 e. The SMILES string of the molecule is CCOC(=O)c1cc(NS(C)(=O)=O)n(C)n1. The Labute approximate surface area is 93.4 Å². The molecular formula is C8H13N3O4S. The summed E-state index contributed by atoms with van der Waals surface area (Å²) in [4.78, 5) is 11.3. The first kappa shape index (κ1) is 12.5. The molecule has 0 spiro atoms. The molecule has 0 saturated carbocycles. The Morgan fingerprint density at radius 3 is 2.75 bits per heavy atom. The van der Waals surface area contributed by atoms with Gasteiger partial charge in [0.2, 0.25) is 10.0 Å². The second-order valence-electron chi connectivity index (χ2n) is 3.13. The Bertz CT molecular complexity index is 491. The van der Waals surface area contributed by atoms with Crippen LogP contribution in [0.3, 0.4) is 0 Å². The first-order chi connectivity index (χ1) is 7.33. The zero-order valence-corrected chi connectivity index (χ0v) is 10.0. The number of ether oxygens (including phenoxy) is 1. The smallest absolute Gasteiger partial charge is 0.358 e. The van der Waals surface area contributed by atoms with Crippen molar-refractivity contribution < 1.29 is 17.9 Å². The van der Waals surface area contributed by atoms with Gasteiger partial charge in [-0.05, 0) is 6.92 Å². The fourth-order valence-corrected chi connectivity index (χ4v) is 1.63. The number of sulfonamides is 1. The van der Waals surface area contributed by atoms with Gasteiger partial charge >= 0.3 is 5.97 Å². The Balaban J connectivity index is 2.94. The molecule has 0 atom stereocenters. The fraction of sp³-hybridized carbons (Fsp3) is 0.500. The zero-order valence-electron chi connectivity index (χ0n) is 9.22. The number of esters is 1. The molecule has 0 fully saturated rings. The molecule has 1 N–H and O–H groups in total. The summed E-state index contributed by atoms with van der Waals surface area (Å²) in [6.07, 6.45) is 1.02. The van der Waals surface area contributed by atoms with Gasteiger partial charge in [0.15, 0.2) is 5.69 Å². The van der Waals surface area contributed by atoms with Crippen LogP contribution in [0.15, 0.2) is 6.07 Å². The van der Waals surface area contributed by atoms with Crippen LogP contribution in [0.5, 0.6) is 0 Å². The number of aromatic nitrogens is 2. The van der Waals surface area contributed by atoms with E-state index in [1.54, 1.807) is 6.92 Å². The lowest BCUT2D eigenvalue weighted by Crippen LogP contribution is -2.12. The average molecular weight is 247 g/mol. The molecule has 90 valence electrons. The third-order valence-corrected chi connectivity index (χ3v) is 2.23. The van der Waals surface area contributed by atoms with Crippen molar-refractivity contribution in [3.05, 3.63) is 11.8 Å². The topological polar surface area (TPSA) is 90.3 Å². The highest BCUT2D eigenvalue weighted by atomic mass is 32.2.